The van der Waals surface area contributed by atoms with Gasteiger partial charge in [0.2, 0.25) is 0 Å². The predicted molar refractivity (Wildman–Crippen MR) is 82.3 cm³/mol. The number of anilines is 1. The van der Waals surface area contributed by atoms with Crippen molar-refractivity contribution in [2.45, 2.75) is 0 Å². The lowest BCUT2D eigenvalue weighted by molar-refractivity contribution is 1.58. The summed E-state index contributed by atoms with van der Waals surface area (Å²) in [5, 5.41) is 4.33. The zero-order chi connectivity index (χ0) is 13.1. The molecule has 0 saturated carbocycles. The highest BCUT2D eigenvalue weighted by atomic mass is 35.5. The molecule has 5 heteroatoms. The highest BCUT2D eigenvalue weighted by Gasteiger charge is 2.02. The third-order valence-electron chi connectivity index (χ3n) is 2.35. The topological polar surface area (TPSA) is 38.0 Å². The van der Waals surface area contributed by atoms with Crippen LogP contribution in [-0.2, 0) is 0 Å². The van der Waals surface area contributed by atoms with Gasteiger partial charge in [0, 0.05) is 15.7 Å². The summed E-state index contributed by atoms with van der Waals surface area (Å²) in [6.07, 6.45) is 0. The van der Waals surface area contributed by atoms with Crippen molar-refractivity contribution >= 4 is 46.2 Å². The molecule has 0 aliphatic heterocycles. The van der Waals surface area contributed by atoms with E-state index in [2.05, 4.69) is 5.32 Å². The van der Waals surface area contributed by atoms with Gasteiger partial charge >= 0.3 is 0 Å². The first kappa shape index (κ1) is 13.1. The molecule has 0 aliphatic rings. The molecule has 0 saturated heterocycles. The first-order valence-electron chi connectivity index (χ1n) is 5.17. The van der Waals surface area contributed by atoms with E-state index in [0.717, 1.165) is 16.8 Å². The number of thiocarbonyl (C=S) groups is 1. The Kier molecular flexibility index (Phi) is 4.07. The van der Waals surface area contributed by atoms with Gasteiger partial charge in [0.05, 0.1) is 0 Å². The van der Waals surface area contributed by atoms with Crippen molar-refractivity contribution < 1.29 is 0 Å². The van der Waals surface area contributed by atoms with Gasteiger partial charge in [-0.15, -0.1) is 0 Å². The van der Waals surface area contributed by atoms with Crippen molar-refractivity contribution in [2.24, 2.45) is 5.73 Å². The summed E-state index contributed by atoms with van der Waals surface area (Å²) in [5.74, 6) is 0. The molecular weight excluding hydrogens is 287 g/mol. The Balaban J connectivity index is 2.31. The summed E-state index contributed by atoms with van der Waals surface area (Å²) >= 11 is 16.7. The number of benzene rings is 2. The maximum Gasteiger partial charge on any atom is 0.168 e. The monoisotopic (exact) mass is 296 g/mol. The van der Waals surface area contributed by atoms with E-state index in [1.165, 1.54) is 0 Å². The van der Waals surface area contributed by atoms with Gasteiger partial charge < -0.3 is 11.1 Å². The van der Waals surface area contributed by atoms with E-state index in [0.29, 0.717) is 10.0 Å². The minimum Gasteiger partial charge on any atom is -0.376 e. The number of halogens is 2. The van der Waals surface area contributed by atoms with Crippen molar-refractivity contribution in [3.63, 3.8) is 0 Å². The molecule has 2 aromatic carbocycles. The molecule has 0 atom stereocenters. The van der Waals surface area contributed by atoms with Crippen LogP contribution >= 0.6 is 35.4 Å². The molecule has 0 spiro atoms. The summed E-state index contributed by atoms with van der Waals surface area (Å²) in [6, 6.07) is 13.1. The molecule has 18 heavy (non-hydrogen) atoms. The maximum atomic E-state index is 5.97. The summed E-state index contributed by atoms with van der Waals surface area (Å²) in [7, 11) is 0. The largest absolute Gasteiger partial charge is 0.376 e. The van der Waals surface area contributed by atoms with Gasteiger partial charge in [-0.25, -0.2) is 0 Å². The van der Waals surface area contributed by atoms with Crippen LogP contribution in [0.25, 0.3) is 11.1 Å². The number of hydrogen-bond acceptors (Lipinski definition) is 1. The van der Waals surface area contributed by atoms with Crippen LogP contribution in [0.15, 0.2) is 42.5 Å². The molecule has 92 valence electrons. The molecule has 0 fully saturated rings. The third-order valence-corrected chi connectivity index (χ3v) is 2.89. The lowest BCUT2D eigenvalue weighted by Crippen LogP contribution is -2.18. The number of rotatable bonds is 2. The van der Waals surface area contributed by atoms with Crippen molar-refractivity contribution in [1.82, 2.24) is 0 Å². The van der Waals surface area contributed by atoms with Gasteiger partial charge in [-0.3, -0.25) is 0 Å². The molecule has 0 radical (unpaired) electrons. The van der Waals surface area contributed by atoms with Crippen molar-refractivity contribution in [3.05, 3.63) is 52.5 Å². The fraction of sp³-hybridized carbons (Fsp3) is 0. The van der Waals surface area contributed by atoms with Crippen molar-refractivity contribution in [2.75, 3.05) is 5.32 Å². The summed E-state index contributed by atoms with van der Waals surface area (Å²) in [5.41, 5.74) is 8.23. The van der Waals surface area contributed by atoms with Crippen LogP contribution in [0.1, 0.15) is 0 Å². The lowest BCUT2D eigenvalue weighted by atomic mass is 10.1. The summed E-state index contributed by atoms with van der Waals surface area (Å²) in [6.45, 7) is 0. The van der Waals surface area contributed by atoms with Gasteiger partial charge in [-0.1, -0.05) is 35.3 Å². The second-order valence-electron chi connectivity index (χ2n) is 3.72. The van der Waals surface area contributed by atoms with Crippen LogP contribution in [0, 0.1) is 0 Å². The van der Waals surface area contributed by atoms with Gasteiger partial charge in [0.1, 0.15) is 0 Å². The Labute approximate surface area is 121 Å². The average Bonchev–Trinajstić information content (AvgIpc) is 2.27. The van der Waals surface area contributed by atoms with Crippen LogP contribution in [0.5, 0.6) is 0 Å². The van der Waals surface area contributed by atoms with E-state index in [4.69, 9.17) is 41.2 Å². The number of nitrogens with two attached hydrogens (primary N) is 1. The van der Waals surface area contributed by atoms with Crippen LogP contribution in [0.4, 0.5) is 5.69 Å². The zero-order valence-corrected chi connectivity index (χ0v) is 11.6. The Morgan fingerprint density at radius 1 is 0.944 bits per heavy atom. The van der Waals surface area contributed by atoms with Crippen LogP contribution in [0.3, 0.4) is 0 Å². The van der Waals surface area contributed by atoms with E-state index in [9.17, 15) is 0 Å². The summed E-state index contributed by atoms with van der Waals surface area (Å²) in [4.78, 5) is 0. The highest BCUT2D eigenvalue weighted by Crippen LogP contribution is 2.27. The van der Waals surface area contributed by atoms with Gasteiger partial charge in [-0.2, -0.15) is 0 Å². The standard InChI is InChI=1S/C13H10Cl2N2S/c14-10-5-9(6-11(15)7-10)8-1-3-12(4-2-8)17-13(16)18/h1-7H,(H3,16,17,18). The van der Waals surface area contributed by atoms with E-state index in [1.807, 2.05) is 36.4 Å². The maximum absolute atomic E-state index is 5.97. The predicted octanol–water partition coefficient (Wildman–Crippen LogP) is 4.32. The first-order valence-corrected chi connectivity index (χ1v) is 6.34. The molecule has 0 bridgehead atoms. The molecule has 0 amide bonds. The van der Waals surface area contributed by atoms with E-state index >= 15 is 0 Å². The second kappa shape index (κ2) is 5.57. The molecule has 0 unspecified atom stereocenters. The molecule has 2 nitrogen and oxygen atoms in total. The van der Waals surface area contributed by atoms with E-state index in [-0.39, 0.29) is 5.11 Å². The number of nitrogens with one attached hydrogen (secondary N) is 1. The number of hydrogen-bond donors (Lipinski definition) is 2. The normalized spacial score (nSPS) is 10.1. The van der Waals surface area contributed by atoms with Crippen LogP contribution < -0.4 is 11.1 Å². The fourth-order valence-corrected chi connectivity index (χ4v) is 2.25. The Bertz CT molecular complexity index is 562. The molecule has 2 rings (SSSR count). The Morgan fingerprint density at radius 3 is 2.00 bits per heavy atom. The van der Waals surface area contributed by atoms with Gasteiger partial charge in [0.15, 0.2) is 5.11 Å². The van der Waals surface area contributed by atoms with Crippen molar-refractivity contribution in [3.8, 4) is 11.1 Å². The van der Waals surface area contributed by atoms with Crippen molar-refractivity contribution in [1.29, 1.82) is 0 Å². The zero-order valence-electron chi connectivity index (χ0n) is 9.28. The quantitative estimate of drug-likeness (QED) is 0.811. The third kappa shape index (κ3) is 3.35. The first-order chi connectivity index (χ1) is 8.54. The van der Waals surface area contributed by atoms with E-state index < -0.39 is 0 Å². The van der Waals surface area contributed by atoms with E-state index in [1.54, 1.807) is 6.07 Å². The minimum absolute atomic E-state index is 0.244. The highest BCUT2D eigenvalue weighted by molar-refractivity contribution is 7.80. The van der Waals surface area contributed by atoms with Gasteiger partial charge in [-0.05, 0) is 53.7 Å². The van der Waals surface area contributed by atoms with Crippen LogP contribution in [0.2, 0.25) is 10.0 Å². The average molecular weight is 297 g/mol. The molecule has 2 aromatic rings. The molecule has 3 N–H and O–H groups in total. The molecule has 0 aliphatic carbocycles. The molecule has 0 heterocycles. The molecule has 0 aromatic heterocycles. The second-order valence-corrected chi connectivity index (χ2v) is 5.04. The van der Waals surface area contributed by atoms with Crippen LogP contribution in [-0.4, -0.2) is 5.11 Å². The lowest BCUT2D eigenvalue weighted by Gasteiger charge is -2.06. The smallest absolute Gasteiger partial charge is 0.168 e. The summed E-state index contributed by atoms with van der Waals surface area (Å²) < 4.78 is 0. The minimum atomic E-state index is 0.244. The Hall–Kier alpha value is -1.29. The Morgan fingerprint density at radius 2 is 1.50 bits per heavy atom. The fourth-order valence-electron chi connectivity index (χ4n) is 1.61. The molecular formula is C13H10Cl2N2S. The van der Waals surface area contributed by atoms with Gasteiger partial charge in [0.25, 0.3) is 0 Å². The SMILES string of the molecule is NC(=S)Nc1ccc(-c2cc(Cl)cc(Cl)c2)cc1.